The minimum Gasteiger partial charge on any atom is -0.459 e. The number of rotatable bonds is 4. The van der Waals surface area contributed by atoms with E-state index in [0.717, 1.165) is 39.1 Å². The molecule has 3 heterocycles. The molecule has 150 valence electrons. The molecule has 4 aromatic rings. The highest BCUT2D eigenvalue weighted by Gasteiger charge is 2.29. The Kier molecular flexibility index (Phi) is 4.52. The van der Waals surface area contributed by atoms with Crippen molar-refractivity contribution in [3.8, 4) is 22.5 Å². The van der Waals surface area contributed by atoms with Gasteiger partial charge < -0.3 is 10.5 Å². The molecule has 3 N–H and O–H groups in total. The van der Waals surface area contributed by atoms with Crippen molar-refractivity contribution in [2.24, 2.45) is 5.73 Å². The number of aromatic nitrogens is 4. The smallest absolute Gasteiger partial charge is 0.339 e. The molecule has 1 aliphatic rings. The van der Waals surface area contributed by atoms with Gasteiger partial charge in [-0.15, -0.1) is 0 Å². The number of fused-ring (bicyclic) bond motifs is 1. The average molecular weight is 399 g/mol. The number of carbonyl (C=O) groups excluding carboxylic acids is 1. The van der Waals surface area contributed by atoms with Crippen molar-refractivity contribution in [3.63, 3.8) is 0 Å². The van der Waals surface area contributed by atoms with Gasteiger partial charge in [0.2, 0.25) is 0 Å². The first kappa shape index (κ1) is 18.4. The maximum absolute atomic E-state index is 12.5. The third kappa shape index (κ3) is 3.44. The van der Waals surface area contributed by atoms with E-state index in [1.807, 2.05) is 49.4 Å². The van der Waals surface area contributed by atoms with Crippen molar-refractivity contribution in [2.45, 2.75) is 31.9 Å². The summed E-state index contributed by atoms with van der Waals surface area (Å²) in [7, 11) is 0. The monoisotopic (exact) mass is 399 g/mol. The highest BCUT2D eigenvalue weighted by Crippen LogP contribution is 2.31. The molecule has 30 heavy (non-hydrogen) atoms. The Morgan fingerprint density at radius 2 is 2.03 bits per heavy atom. The summed E-state index contributed by atoms with van der Waals surface area (Å²) < 4.78 is 5.50. The third-order valence-electron chi connectivity index (χ3n) is 5.42. The number of nitrogens with one attached hydrogen (secondary N) is 1. The lowest BCUT2D eigenvalue weighted by molar-refractivity contribution is 0.00321. The fourth-order valence-electron chi connectivity index (χ4n) is 3.72. The van der Waals surface area contributed by atoms with Gasteiger partial charge in [-0.05, 0) is 55.7 Å². The molecule has 0 saturated heterocycles. The number of esters is 1. The molecule has 0 unspecified atom stereocenters. The zero-order valence-corrected chi connectivity index (χ0v) is 16.5. The average Bonchev–Trinajstić information content (AvgIpc) is 3.22. The highest BCUT2D eigenvalue weighted by molar-refractivity contribution is 5.95. The summed E-state index contributed by atoms with van der Waals surface area (Å²) in [4.78, 5) is 21.5. The van der Waals surface area contributed by atoms with Crippen molar-refractivity contribution in [3.05, 3.63) is 66.1 Å². The van der Waals surface area contributed by atoms with Crippen LogP contribution in [0.4, 0.5) is 0 Å². The summed E-state index contributed by atoms with van der Waals surface area (Å²) in [6.07, 6.45) is 4.68. The van der Waals surface area contributed by atoms with Crippen LogP contribution in [0.25, 0.3) is 33.4 Å². The van der Waals surface area contributed by atoms with Gasteiger partial charge in [0, 0.05) is 28.9 Å². The standard InChI is InChI=1S/C23H21N5O2/c1-13-3-2-4-21(27-13)22-19(12-26-28-22)14-5-6-20-15(7-14)8-16(11-25-20)23(29)30-18-9-17(24)10-18/h2-8,11-12,17-18H,9-10,24H2,1H3,(H,26,28)/t17-,18-. The summed E-state index contributed by atoms with van der Waals surface area (Å²) in [5.74, 6) is -0.361. The van der Waals surface area contributed by atoms with Gasteiger partial charge in [-0.1, -0.05) is 12.1 Å². The number of nitrogens with zero attached hydrogens (tertiary/aromatic N) is 3. The molecule has 1 aliphatic carbocycles. The van der Waals surface area contributed by atoms with Crippen molar-refractivity contribution in [1.82, 2.24) is 20.2 Å². The van der Waals surface area contributed by atoms with E-state index in [9.17, 15) is 4.79 Å². The summed E-state index contributed by atoms with van der Waals surface area (Å²) in [6, 6.07) is 13.8. The van der Waals surface area contributed by atoms with E-state index in [1.54, 1.807) is 12.4 Å². The molecular weight excluding hydrogens is 378 g/mol. The Labute approximate surface area is 173 Å². The van der Waals surface area contributed by atoms with Gasteiger partial charge >= 0.3 is 5.97 Å². The first-order valence-electron chi connectivity index (χ1n) is 9.91. The maximum Gasteiger partial charge on any atom is 0.339 e. The number of nitrogens with two attached hydrogens (primary N) is 1. The summed E-state index contributed by atoms with van der Waals surface area (Å²) in [6.45, 7) is 1.96. The SMILES string of the molecule is Cc1cccc(-c2[nH]ncc2-c2ccc3ncc(C(=O)O[C@H]4C[C@H](N)C4)cc3c2)n1. The van der Waals surface area contributed by atoms with Crippen LogP contribution in [0, 0.1) is 6.92 Å². The van der Waals surface area contributed by atoms with Gasteiger partial charge in [-0.25, -0.2) is 4.79 Å². The number of ether oxygens (including phenoxy) is 1. The molecule has 0 bridgehead atoms. The van der Waals surface area contributed by atoms with Gasteiger partial charge in [0.15, 0.2) is 0 Å². The number of aromatic amines is 1. The van der Waals surface area contributed by atoms with Crippen molar-refractivity contribution < 1.29 is 9.53 Å². The quantitative estimate of drug-likeness (QED) is 0.508. The zero-order valence-electron chi connectivity index (χ0n) is 16.5. The normalized spacial score (nSPS) is 18.2. The van der Waals surface area contributed by atoms with Crippen LogP contribution in [0.2, 0.25) is 0 Å². The number of aryl methyl sites for hydroxylation is 1. The highest BCUT2D eigenvalue weighted by atomic mass is 16.5. The summed E-state index contributed by atoms with van der Waals surface area (Å²) in [5, 5.41) is 8.13. The molecule has 1 saturated carbocycles. The Bertz CT molecular complexity index is 1240. The predicted octanol–water partition coefficient (Wildman–Crippen LogP) is 3.64. The lowest BCUT2D eigenvalue weighted by Crippen LogP contribution is -2.42. The molecule has 1 aromatic carbocycles. The molecule has 0 spiro atoms. The van der Waals surface area contributed by atoms with Crippen LogP contribution < -0.4 is 5.73 Å². The fraction of sp³-hybridized carbons (Fsp3) is 0.217. The molecule has 3 aromatic heterocycles. The van der Waals surface area contributed by atoms with Crippen molar-refractivity contribution in [1.29, 1.82) is 0 Å². The van der Waals surface area contributed by atoms with E-state index in [0.29, 0.717) is 18.4 Å². The Morgan fingerprint density at radius 1 is 1.17 bits per heavy atom. The lowest BCUT2D eigenvalue weighted by atomic mass is 9.90. The first-order valence-corrected chi connectivity index (χ1v) is 9.91. The van der Waals surface area contributed by atoms with Crippen LogP contribution >= 0.6 is 0 Å². The Balaban J connectivity index is 1.48. The van der Waals surface area contributed by atoms with Gasteiger partial charge in [-0.3, -0.25) is 15.1 Å². The van der Waals surface area contributed by atoms with Crippen LogP contribution in [0.15, 0.2) is 54.9 Å². The first-order chi connectivity index (χ1) is 14.6. The lowest BCUT2D eigenvalue weighted by Gasteiger charge is -2.31. The number of hydrogen-bond acceptors (Lipinski definition) is 6. The van der Waals surface area contributed by atoms with Crippen LogP contribution in [-0.4, -0.2) is 38.3 Å². The number of carbonyl (C=O) groups is 1. The molecule has 0 aliphatic heterocycles. The zero-order chi connectivity index (χ0) is 20.7. The number of hydrogen-bond donors (Lipinski definition) is 2. The second kappa shape index (κ2) is 7.35. The van der Waals surface area contributed by atoms with Gasteiger partial charge in [-0.2, -0.15) is 5.10 Å². The second-order valence-corrected chi connectivity index (χ2v) is 7.71. The van der Waals surface area contributed by atoms with Gasteiger partial charge in [0.05, 0.1) is 28.7 Å². The van der Waals surface area contributed by atoms with E-state index in [4.69, 9.17) is 10.5 Å². The Morgan fingerprint density at radius 3 is 2.83 bits per heavy atom. The van der Waals surface area contributed by atoms with E-state index in [2.05, 4.69) is 20.2 Å². The molecule has 7 heteroatoms. The Hall–Kier alpha value is -3.58. The predicted molar refractivity (Wildman–Crippen MR) is 114 cm³/mol. The van der Waals surface area contributed by atoms with E-state index < -0.39 is 0 Å². The third-order valence-corrected chi connectivity index (χ3v) is 5.42. The van der Waals surface area contributed by atoms with Crippen LogP contribution in [0.3, 0.4) is 0 Å². The van der Waals surface area contributed by atoms with Gasteiger partial charge in [0.25, 0.3) is 0 Å². The molecular formula is C23H21N5O2. The fourth-order valence-corrected chi connectivity index (χ4v) is 3.72. The van der Waals surface area contributed by atoms with E-state index in [-0.39, 0.29) is 18.1 Å². The largest absolute Gasteiger partial charge is 0.459 e. The second-order valence-electron chi connectivity index (χ2n) is 7.71. The van der Waals surface area contributed by atoms with Crippen LogP contribution in [0.1, 0.15) is 28.9 Å². The minimum absolute atomic E-state index is 0.0927. The molecule has 1 fully saturated rings. The van der Waals surface area contributed by atoms with Crippen molar-refractivity contribution in [2.75, 3.05) is 0 Å². The summed E-state index contributed by atoms with van der Waals surface area (Å²) >= 11 is 0. The molecule has 0 atom stereocenters. The van der Waals surface area contributed by atoms with Gasteiger partial charge in [0.1, 0.15) is 6.10 Å². The van der Waals surface area contributed by atoms with Crippen LogP contribution in [0.5, 0.6) is 0 Å². The van der Waals surface area contributed by atoms with E-state index in [1.165, 1.54) is 0 Å². The topological polar surface area (TPSA) is 107 Å². The minimum atomic E-state index is -0.361. The molecule has 0 amide bonds. The maximum atomic E-state index is 12.5. The molecule has 7 nitrogen and oxygen atoms in total. The number of benzene rings is 1. The summed E-state index contributed by atoms with van der Waals surface area (Å²) in [5.41, 5.74) is 11.5. The molecule has 5 rings (SSSR count). The van der Waals surface area contributed by atoms with E-state index >= 15 is 0 Å². The number of H-pyrrole nitrogens is 1. The van der Waals surface area contributed by atoms with Crippen molar-refractivity contribution >= 4 is 16.9 Å². The van der Waals surface area contributed by atoms with Crippen LogP contribution in [-0.2, 0) is 4.74 Å². The molecule has 0 radical (unpaired) electrons. The number of pyridine rings is 2.